The molecule has 21 heavy (non-hydrogen) atoms. The first-order valence-electron chi connectivity index (χ1n) is 6.41. The fourth-order valence-corrected chi connectivity index (χ4v) is 1.85. The van der Waals surface area contributed by atoms with Gasteiger partial charge in [0.15, 0.2) is 0 Å². The number of aromatic carboxylic acids is 1. The molecule has 0 radical (unpaired) electrons. The molecule has 0 atom stereocenters. The molecule has 0 unspecified atom stereocenters. The number of amides is 1. The van der Waals surface area contributed by atoms with Gasteiger partial charge in [0.1, 0.15) is 5.69 Å². The van der Waals surface area contributed by atoms with Crippen molar-refractivity contribution >= 4 is 11.9 Å². The first-order valence-corrected chi connectivity index (χ1v) is 6.41. The molecule has 2 rings (SSSR count). The molecular formula is C15H15N3O3. The second-order valence-corrected chi connectivity index (χ2v) is 4.52. The Morgan fingerprint density at radius 3 is 2.43 bits per heavy atom. The van der Waals surface area contributed by atoms with Crippen LogP contribution in [-0.2, 0) is 17.9 Å². The molecule has 6 nitrogen and oxygen atoms in total. The van der Waals surface area contributed by atoms with Gasteiger partial charge in [-0.15, -0.1) is 0 Å². The van der Waals surface area contributed by atoms with Crippen molar-refractivity contribution in [2.24, 2.45) is 0 Å². The average Bonchev–Trinajstić information content (AvgIpc) is 2.48. The van der Waals surface area contributed by atoms with Gasteiger partial charge in [-0.3, -0.25) is 9.78 Å². The number of carbonyl (C=O) groups excluding carboxylic acids is 1. The van der Waals surface area contributed by atoms with E-state index < -0.39 is 5.97 Å². The number of carboxylic acids is 1. The highest BCUT2D eigenvalue weighted by Crippen LogP contribution is 2.08. The normalized spacial score (nSPS) is 10.1. The van der Waals surface area contributed by atoms with Crippen LogP contribution in [0.5, 0.6) is 0 Å². The summed E-state index contributed by atoms with van der Waals surface area (Å²) < 4.78 is 0. The predicted molar refractivity (Wildman–Crippen MR) is 75.4 cm³/mol. The maximum absolute atomic E-state index is 11.7. The van der Waals surface area contributed by atoms with Crippen LogP contribution in [0.25, 0.3) is 0 Å². The monoisotopic (exact) mass is 285 g/mol. The largest absolute Gasteiger partial charge is 0.477 e. The number of nitrogens with zero attached hydrogens (tertiary/aromatic N) is 3. The van der Waals surface area contributed by atoms with Gasteiger partial charge in [-0.05, 0) is 24.3 Å². The van der Waals surface area contributed by atoms with E-state index in [4.69, 9.17) is 5.11 Å². The van der Waals surface area contributed by atoms with Crippen molar-refractivity contribution in [3.8, 4) is 0 Å². The molecule has 0 saturated carbocycles. The van der Waals surface area contributed by atoms with Crippen molar-refractivity contribution in [1.82, 2.24) is 14.9 Å². The lowest BCUT2D eigenvalue weighted by Gasteiger charge is -2.20. The highest BCUT2D eigenvalue weighted by molar-refractivity contribution is 5.85. The highest BCUT2D eigenvalue weighted by Gasteiger charge is 2.13. The lowest BCUT2D eigenvalue weighted by molar-refractivity contribution is -0.130. The van der Waals surface area contributed by atoms with Crippen molar-refractivity contribution in [3.05, 3.63) is 59.7 Å². The first-order chi connectivity index (χ1) is 10.1. The summed E-state index contributed by atoms with van der Waals surface area (Å²) in [6, 6.07) is 10.2. The number of hydrogen-bond donors (Lipinski definition) is 1. The maximum Gasteiger partial charge on any atom is 0.354 e. The number of rotatable bonds is 5. The number of carboxylic acid groups (broad SMARTS) is 1. The van der Waals surface area contributed by atoms with E-state index in [2.05, 4.69) is 9.97 Å². The summed E-state index contributed by atoms with van der Waals surface area (Å²) >= 11 is 0. The number of pyridine rings is 2. The van der Waals surface area contributed by atoms with Gasteiger partial charge >= 0.3 is 5.97 Å². The van der Waals surface area contributed by atoms with Crippen molar-refractivity contribution < 1.29 is 14.7 Å². The Balaban J connectivity index is 2.15. The molecule has 0 bridgehead atoms. The fourth-order valence-electron chi connectivity index (χ4n) is 1.85. The summed E-state index contributed by atoms with van der Waals surface area (Å²) in [7, 11) is 0. The molecule has 2 heterocycles. The van der Waals surface area contributed by atoms with Crippen LogP contribution >= 0.6 is 0 Å². The Morgan fingerprint density at radius 2 is 1.81 bits per heavy atom. The van der Waals surface area contributed by atoms with Crippen molar-refractivity contribution in [1.29, 1.82) is 0 Å². The van der Waals surface area contributed by atoms with E-state index in [9.17, 15) is 9.59 Å². The molecule has 0 saturated heterocycles. The minimum Gasteiger partial charge on any atom is -0.477 e. The third kappa shape index (κ3) is 4.10. The Morgan fingerprint density at radius 1 is 1.10 bits per heavy atom. The van der Waals surface area contributed by atoms with Crippen LogP contribution in [0.1, 0.15) is 28.8 Å². The molecule has 0 spiro atoms. The molecule has 1 N–H and O–H groups in total. The van der Waals surface area contributed by atoms with Crippen LogP contribution in [-0.4, -0.2) is 31.9 Å². The van der Waals surface area contributed by atoms with Gasteiger partial charge in [0.25, 0.3) is 0 Å². The SMILES string of the molecule is CC(=O)N(Cc1ccccn1)Cc1cccc(C(=O)O)n1. The van der Waals surface area contributed by atoms with Crippen LogP contribution in [0.3, 0.4) is 0 Å². The third-order valence-corrected chi connectivity index (χ3v) is 2.90. The van der Waals surface area contributed by atoms with E-state index in [1.807, 2.05) is 12.1 Å². The summed E-state index contributed by atoms with van der Waals surface area (Å²) in [6.07, 6.45) is 1.66. The molecule has 6 heteroatoms. The van der Waals surface area contributed by atoms with E-state index >= 15 is 0 Å². The summed E-state index contributed by atoms with van der Waals surface area (Å²) in [5.41, 5.74) is 1.26. The van der Waals surface area contributed by atoms with E-state index in [1.165, 1.54) is 13.0 Å². The molecule has 0 aliphatic heterocycles. The van der Waals surface area contributed by atoms with Crippen LogP contribution in [0.15, 0.2) is 42.6 Å². The minimum atomic E-state index is -1.09. The summed E-state index contributed by atoms with van der Waals surface area (Å²) in [4.78, 5) is 32.4. The maximum atomic E-state index is 11.7. The number of carbonyl (C=O) groups is 2. The zero-order chi connectivity index (χ0) is 15.2. The minimum absolute atomic E-state index is 0.0335. The van der Waals surface area contributed by atoms with Crippen molar-refractivity contribution in [2.75, 3.05) is 0 Å². The molecule has 108 valence electrons. The van der Waals surface area contributed by atoms with Crippen LogP contribution in [0.2, 0.25) is 0 Å². The van der Waals surface area contributed by atoms with Gasteiger partial charge in [-0.25, -0.2) is 9.78 Å². The van der Waals surface area contributed by atoms with Crippen molar-refractivity contribution in [3.63, 3.8) is 0 Å². The highest BCUT2D eigenvalue weighted by atomic mass is 16.4. The quantitative estimate of drug-likeness (QED) is 0.904. The zero-order valence-electron chi connectivity index (χ0n) is 11.6. The Kier molecular flexibility index (Phi) is 4.61. The van der Waals surface area contributed by atoms with Crippen molar-refractivity contribution in [2.45, 2.75) is 20.0 Å². The zero-order valence-corrected chi connectivity index (χ0v) is 11.6. The van der Waals surface area contributed by atoms with Crippen LogP contribution in [0, 0.1) is 0 Å². The molecule has 0 aromatic carbocycles. The second kappa shape index (κ2) is 6.60. The van der Waals surface area contributed by atoms with Gasteiger partial charge in [0.05, 0.1) is 24.5 Å². The lowest BCUT2D eigenvalue weighted by Crippen LogP contribution is -2.28. The number of hydrogen-bond acceptors (Lipinski definition) is 4. The van der Waals surface area contributed by atoms with Gasteiger partial charge in [0.2, 0.25) is 5.91 Å². The number of aromatic nitrogens is 2. The van der Waals surface area contributed by atoms with Gasteiger partial charge < -0.3 is 10.0 Å². The summed E-state index contributed by atoms with van der Waals surface area (Å²) in [6.45, 7) is 2.06. The Bertz CT molecular complexity index is 644. The Hall–Kier alpha value is -2.76. The molecule has 2 aromatic rings. The van der Waals surface area contributed by atoms with Gasteiger partial charge in [-0.2, -0.15) is 0 Å². The standard InChI is InChI=1S/C15H15N3O3/c1-11(19)18(9-12-5-2-3-8-16-12)10-13-6-4-7-14(17-13)15(20)21/h2-8H,9-10H2,1H3,(H,20,21). The van der Waals surface area contributed by atoms with E-state index in [1.54, 1.807) is 29.3 Å². The molecule has 0 aliphatic rings. The predicted octanol–water partition coefficient (Wildman–Crippen LogP) is 1.72. The summed E-state index contributed by atoms with van der Waals surface area (Å²) in [5.74, 6) is -1.21. The average molecular weight is 285 g/mol. The topological polar surface area (TPSA) is 83.4 Å². The van der Waals surface area contributed by atoms with Gasteiger partial charge in [0, 0.05) is 13.1 Å². The van der Waals surface area contributed by atoms with Crippen LogP contribution < -0.4 is 0 Å². The molecule has 1 amide bonds. The molecule has 2 aromatic heterocycles. The van der Waals surface area contributed by atoms with E-state index in [-0.39, 0.29) is 18.1 Å². The molecule has 0 aliphatic carbocycles. The van der Waals surface area contributed by atoms with E-state index in [0.29, 0.717) is 12.2 Å². The Labute approximate surface area is 122 Å². The lowest BCUT2D eigenvalue weighted by atomic mass is 10.2. The smallest absolute Gasteiger partial charge is 0.354 e. The van der Waals surface area contributed by atoms with Gasteiger partial charge in [-0.1, -0.05) is 12.1 Å². The third-order valence-electron chi connectivity index (χ3n) is 2.90. The fraction of sp³-hybridized carbons (Fsp3) is 0.200. The molecule has 0 fully saturated rings. The molecular weight excluding hydrogens is 270 g/mol. The van der Waals surface area contributed by atoms with E-state index in [0.717, 1.165) is 5.69 Å². The second-order valence-electron chi connectivity index (χ2n) is 4.52. The van der Waals surface area contributed by atoms with Crippen LogP contribution in [0.4, 0.5) is 0 Å². The summed E-state index contributed by atoms with van der Waals surface area (Å²) in [5, 5.41) is 8.93. The first kappa shape index (κ1) is 14.6.